The number of aromatic hydroxyl groups is 3. The average molecular weight is 244 g/mol. The predicted molar refractivity (Wildman–Crippen MR) is 65.0 cm³/mol. The van der Waals surface area contributed by atoms with Crippen LogP contribution >= 0.6 is 0 Å². The Hall–Kier alpha value is -2.69. The molecule has 1 heterocycles. The lowest BCUT2D eigenvalue weighted by molar-refractivity contribution is 0.457. The molecule has 5 nitrogen and oxygen atoms in total. The van der Waals surface area contributed by atoms with Crippen LogP contribution in [-0.2, 0) is 0 Å². The average Bonchev–Trinajstić information content (AvgIpc) is 2.34. The molecule has 0 aliphatic rings. The Morgan fingerprint density at radius 2 is 1.50 bits per heavy atom. The van der Waals surface area contributed by atoms with Crippen LogP contribution in [0, 0.1) is 0 Å². The Bertz CT molecular complexity index is 832. The molecule has 3 N–H and O–H groups in total. The van der Waals surface area contributed by atoms with Crippen molar-refractivity contribution in [2.24, 2.45) is 0 Å². The lowest BCUT2D eigenvalue weighted by Gasteiger charge is -2.05. The third-order valence-electron chi connectivity index (χ3n) is 2.79. The summed E-state index contributed by atoms with van der Waals surface area (Å²) in [6, 6.07) is 6.80. The maximum absolute atomic E-state index is 12.2. The van der Waals surface area contributed by atoms with Crippen LogP contribution in [0.5, 0.6) is 17.2 Å². The van der Waals surface area contributed by atoms with Crippen molar-refractivity contribution in [2.75, 3.05) is 0 Å². The van der Waals surface area contributed by atoms with Gasteiger partial charge in [-0.3, -0.25) is 4.79 Å². The van der Waals surface area contributed by atoms with Crippen LogP contribution in [0.25, 0.3) is 21.9 Å². The second-order valence-electron chi connectivity index (χ2n) is 3.89. The lowest BCUT2D eigenvalue weighted by Crippen LogP contribution is -2.02. The summed E-state index contributed by atoms with van der Waals surface area (Å²) in [7, 11) is 0. The molecular formula is C13H8O5. The zero-order valence-electron chi connectivity index (χ0n) is 9.04. The molecule has 3 rings (SSSR count). The van der Waals surface area contributed by atoms with Gasteiger partial charge in [-0.05, 0) is 24.3 Å². The first-order valence-electron chi connectivity index (χ1n) is 5.19. The molecule has 0 saturated carbocycles. The van der Waals surface area contributed by atoms with Gasteiger partial charge in [-0.1, -0.05) is 6.07 Å². The number of phenols is 3. The van der Waals surface area contributed by atoms with E-state index in [2.05, 4.69) is 0 Å². The second kappa shape index (κ2) is 3.40. The first-order valence-corrected chi connectivity index (χ1v) is 5.19. The summed E-state index contributed by atoms with van der Waals surface area (Å²) in [4.78, 5) is 12.2. The van der Waals surface area contributed by atoms with Gasteiger partial charge in [0.15, 0.2) is 11.3 Å². The number of hydrogen-bond donors (Lipinski definition) is 3. The molecular weight excluding hydrogens is 236 g/mol. The van der Waals surface area contributed by atoms with Crippen LogP contribution in [-0.4, -0.2) is 15.3 Å². The maximum Gasteiger partial charge on any atom is 0.208 e. The highest BCUT2D eigenvalue weighted by Gasteiger charge is 2.16. The minimum Gasteiger partial charge on any atom is -0.507 e. The van der Waals surface area contributed by atoms with Crippen molar-refractivity contribution in [3.8, 4) is 17.2 Å². The first-order chi connectivity index (χ1) is 8.59. The van der Waals surface area contributed by atoms with E-state index in [1.807, 2.05) is 0 Å². The standard InChI is InChI=1S/C13H8O5/c14-6-2-1-3-9-10(6)12(17)11-7(15)4-5-8(16)13(11)18-9/h1-5,14-16H. The van der Waals surface area contributed by atoms with Crippen molar-refractivity contribution < 1.29 is 19.7 Å². The minimum absolute atomic E-state index is 0.0223. The van der Waals surface area contributed by atoms with Crippen molar-refractivity contribution in [1.82, 2.24) is 0 Å². The molecule has 3 aromatic rings. The summed E-state index contributed by atoms with van der Waals surface area (Å²) in [5, 5.41) is 28.8. The van der Waals surface area contributed by atoms with Crippen LogP contribution in [0.15, 0.2) is 39.5 Å². The number of benzene rings is 2. The molecule has 5 heteroatoms. The van der Waals surface area contributed by atoms with Crippen LogP contribution in [0.4, 0.5) is 0 Å². The van der Waals surface area contributed by atoms with E-state index in [0.29, 0.717) is 0 Å². The number of rotatable bonds is 0. The van der Waals surface area contributed by atoms with E-state index < -0.39 is 5.43 Å². The Morgan fingerprint density at radius 3 is 2.28 bits per heavy atom. The molecule has 0 amide bonds. The molecule has 90 valence electrons. The van der Waals surface area contributed by atoms with Gasteiger partial charge >= 0.3 is 0 Å². The third kappa shape index (κ3) is 1.24. The monoisotopic (exact) mass is 244 g/mol. The fraction of sp³-hybridized carbons (Fsp3) is 0. The Kier molecular flexibility index (Phi) is 1.98. The summed E-state index contributed by atoms with van der Waals surface area (Å²) in [5.74, 6) is -0.780. The Balaban J connectivity index is 2.71. The smallest absolute Gasteiger partial charge is 0.208 e. The van der Waals surface area contributed by atoms with Crippen LogP contribution in [0.3, 0.4) is 0 Å². The molecule has 1 aromatic heterocycles. The highest BCUT2D eigenvalue weighted by Crippen LogP contribution is 2.33. The Morgan fingerprint density at radius 1 is 0.833 bits per heavy atom. The topological polar surface area (TPSA) is 90.9 Å². The van der Waals surface area contributed by atoms with Crippen molar-refractivity contribution >= 4 is 21.9 Å². The number of fused-ring (bicyclic) bond motifs is 2. The van der Waals surface area contributed by atoms with Gasteiger partial charge in [0, 0.05) is 0 Å². The van der Waals surface area contributed by atoms with E-state index in [0.717, 1.165) is 0 Å². The van der Waals surface area contributed by atoms with E-state index in [-0.39, 0.29) is 39.2 Å². The van der Waals surface area contributed by atoms with Gasteiger partial charge in [0.05, 0.1) is 0 Å². The van der Waals surface area contributed by atoms with Crippen molar-refractivity contribution in [3.05, 3.63) is 40.6 Å². The maximum atomic E-state index is 12.2. The van der Waals surface area contributed by atoms with Gasteiger partial charge in [-0.15, -0.1) is 0 Å². The van der Waals surface area contributed by atoms with Gasteiger partial charge in [-0.2, -0.15) is 0 Å². The lowest BCUT2D eigenvalue weighted by atomic mass is 10.1. The summed E-state index contributed by atoms with van der Waals surface area (Å²) in [6.07, 6.45) is 0. The molecule has 0 spiro atoms. The van der Waals surface area contributed by atoms with E-state index >= 15 is 0 Å². The number of phenolic OH excluding ortho intramolecular Hbond substituents is 3. The predicted octanol–water partition coefficient (Wildman–Crippen LogP) is 2.06. The molecule has 0 fully saturated rings. The van der Waals surface area contributed by atoms with Gasteiger partial charge in [-0.25, -0.2) is 0 Å². The zero-order chi connectivity index (χ0) is 12.9. The summed E-state index contributed by atoms with van der Waals surface area (Å²) in [5.41, 5.74) is -0.538. The highest BCUT2D eigenvalue weighted by atomic mass is 16.4. The molecule has 0 bridgehead atoms. The van der Waals surface area contributed by atoms with Crippen molar-refractivity contribution in [1.29, 1.82) is 0 Å². The van der Waals surface area contributed by atoms with Gasteiger partial charge in [0.2, 0.25) is 5.43 Å². The SMILES string of the molecule is O=c1c2c(O)cccc2oc2c(O)ccc(O)c12. The summed E-state index contributed by atoms with van der Waals surface area (Å²) >= 11 is 0. The van der Waals surface area contributed by atoms with Gasteiger partial charge in [0.25, 0.3) is 0 Å². The van der Waals surface area contributed by atoms with Crippen molar-refractivity contribution in [2.45, 2.75) is 0 Å². The zero-order valence-corrected chi connectivity index (χ0v) is 9.04. The molecule has 0 aliphatic carbocycles. The fourth-order valence-electron chi connectivity index (χ4n) is 1.95. The number of hydrogen-bond acceptors (Lipinski definition) is 5. The van der Waals surface area contributed by atoms with Crippen molar-refractivity contribution in [3.63, 3.8) is 0 Å². The van der Waals surface area contributed by atoms with Gasteiger partial charge < -0.3 is 19.7 Å². The highest BCUT2D eigenvalue weighted by molar-refractivity contribution is 5.97. The summed E-state index contributed by atoms with van der Waals surface area (Å²) in [6.45, 7) is 0. The second-order valence-corrected chi connectivity index (χ2v) is 3.89. The quantitative estimate of drug-likeness (QED) is 0.416. The first kappa shape index (κ1) is 10.5. The van der Waals surface area contributed by atoms with E-state index in [4.69, 9.17) is 4.42 Å². The summed E-state index contributed by atoms with van der Waals surface area (Å²) < 4.78 is 5.35. The molecule has 0 saturated heterocycles. The van der Waals surface area contributed by atoms with E-state index in [9.17, 15) is 20.1 Å². The van der Waals surface area contributed by atoms with E-state index in [1.54, 1.807) is 0 Å². The molecule has 0 radical (unpaired) electrons. The molecule has 0 unspecified atom stereocenters. The van der Waals surface area contributed by atoms with Crippen LogP contribution in [0.2, 0.25) is 0 Å². The van der Waals surface area contributed by atoms with Gasteiger partial charge in [0.1, 0.15) is 27.9 Å². The normalized spacial score (nSPS) is 11.1. The molecule has 0 aliphatic heterocycles. The minimum atomic E-state index is -0.585. The molecule has 18 heavy (non-hydrogen) atoms. The largest absolute Gasteiger partial charge is 0.507 e. The third-order valence-corrected chi connectivity index (χ3v) is 2.79. The van der Waals surface area contributed by atoms with E-state index in [1.165, 1.54) is 30.3 Å². The Labute approximate surface area is 100 Å². The molecule has 0 atom stereocenters. The van der Waals surface area contributed by atoms with Crippen LogP contribution < -0.4 is 5.43 Å². The van der Waals surface area contributed by atoms with Crippen LogP contribution in [0.1, 0.15) is 0 Å². The fourth-order valence-corrected chi connectivity index (χ4v) is 1.95. The molecule has 2 aromatic carbocycles.